The van der Waals surface area contributed by atoms with Gasteiger partial charge in [-0.2, -0.15) is 0 Å². The number of sulfone groups is 1. The van der Waals surface area contributed by atoms with Crippen molar-refractivity contribution >= 4 is 15.7 Å². The van der Waals surface area contributed by atoms with Gasteiger partial charge in [-0.1, -0.05) is 6.07 Å². The first-order chi connectivity index (χ1) is 12.0. The number of likely N-dealkylation sites (tertiary alicyclic amines) is 1. The van der Waals surface area contributed by atoms with Crippen LogP contribution in [0.2, 0.25) is 0 Å². The van der Waals surface area contributed by atoms with Gasteiger partial charge in [-0.05, 0) is 37.4 Å². The van der Waals surface area contributed by atoms with Gasteiger partial charge in [0.25, 0.3) is 0 Å². The topological polar surface area (TPSA) is 56.8 Å². The molecule has 7 heteroatoms. The number of piperazine rings is 1. The molecule has 1 unspecified atom stereocenters. The van der Waals surface area contributed by atoms with Crippen molar-refractivity contribution in [3.8, 4) is 0 Å². The highest BCUT2D eigenvalue weighted by Crippen LogP contribution is 2.19. The molecule has 25 heavy (non-hydrogen) atoms. The Morgan fingerprint density at radius 3 is 2.60 bits per heavy atom. The molecule has 3 heterocycles. The summed E-state index contributed by atoms with van der Waals surface area (Å²) in [5.74, 6) is 2.02. The zero-order valence-corrected chi connectivity index (χ0v) is 16.0. The number of hydrogen-bond acceptors (Lipinski definition) is 6. The van der Waals surface area contributed by atoms with Gasteiger partial charge < -0.3 is 9.80 Å². The molecular formula is C18H30N4O2S. The molecule has 0 spiro atoms. The van der Waals surface area contributed by atoms with Gasteiger partial charge in [0.1, 0.15) is 15.7 Å². The molecule has 1 atom stereocenters. The van der Waals surface area contributed by atoms with E-state index in [-0.39, 0.29) is 5.75 Å². The Balaban J connectivity index is 1.42. The lowest BCUT2D eigenvalue weighted by Gasteiger charge is -2.39. The van der Waals surface area contributed by atoms with Crippen LogP contribution in [0.3, 0.4) is 0 Å². The lowest BCUT2D eigenvalue weighted by Crippen LogP contribution is -2.50. The van der Waals surface area contributed by atoms with Crippen molar-refractivity contribution in [3.63, 3.8) is 0 Å². The summed E-state index contributed by atoms with van der Waals surface area (Å²) in [7, 11) is -2.86. The van der Waals surface area contributed by atoms with E-state index in [0.29, 0.717) is 12.5 Å². The Morgan fingerprint density at radius 2 is 1.92 bits per heavy atom. The van der Waals surface area contributed by atoms with Crippen LogP contribution in [0.1, 0.15) is 12.8 Å². The highest BCUT2D eigenvalue weighted by atomic mass is 32.2. The third kappa shape index (κ3) is 5.94. The molecule has 3 rings (SSSR count). The van der Waals surface area contributed by atoms with Crippen LogP contribution in [0.4, 0.5) is 5.82 Å². The highest BCUT2D eigenvalue weighted by Gasteiger charge is 2.25. The van der Waals surface area contributed by atoms with Gasteiger partial charge in [-0.3, -0.25) is 4.90 Å². The summed E-state index contributed by atoms with van der Waals surface area (Å²) < 4.78 is 22.8. The zero-order valence-electron chi connectivity index (χ0n) is 15.2. The molecule has 0 bridgehead atoms. The van der Waals surface area contributed by atoms with Crippen LogP contribution in [0, 0.1) is 5.92 Å². The molecule has 2 aliphatic heterocycles. The second kappa shape index (κ2) is 8.47. The number of piperidine rings is 1. The predicted octanol–water partition coefficient (Wildman–Crippen LogP) is 0.960. The zero-order chi connectivity index (χ0) is 17.7. The quantitative estimate of drug-likeness (QED) is 0.747. The average molecular weight is 367 g/mol. The van der Waals surface area contributed by atoms with Gasteiger partial charge in [0.2, 0.25) is 0 Å². The summed E-state index contributed by atoms with van der Waals surface area (Å²) in [5.41, 5.74) is 0. The van der Waals surface area contributed by atoms with E-state index in [1.165, 1.54) is 19.1 Å². The minimum absolute atomic E-state index is 0.280. The molecule has 0 aromatic carbocycles. The van der Waals surface area contributed by atoms with Crippen LogP contribution >= 0.6 is 0 Å². The van der Waals surface area contributed by atoms with Crippen molar-refractivity contribution in [1.29, 1.82) is 0 Å². The maximum Gasteiger partial charge on any atom is 0.148 e. The number of pyridine rings is 1. The summed E-state index contributed by atoms with van der Waals surface area (Å²) >= 11 is 0. The normalized spacial score (nSPS) is 23.7. The molecule has 2 fully saturated rings. The minimum Gasteiger partial charge on any atom is -0.354 e. The summed E-state index contributed by atoms with van der Waals surface area (Å²) in [5, 5.41) is 0. The summed E-state index contributed by atoms with van der Waals surface area (Å²) in [4.78, 5) is 11.7. The number of rotatable bonds is 6. The maximum atomic E-state index is 11.4. The summed E-state index contributed by atoms with van der Waals surface area (Å²) in [6.07, 6.45) is 5.63. The fourth-order valence-corrected chi connectivity index (χ4v) is 4.45. The van der Waals surface area contributed by atoms with Crippen LogP contribution in [0.15, 0.2) is 24.4 Å². The largest absolute Gasteiger partial charge is 0.354 e. The van der Waals surface area contributed by atoms with Crippen molar-refractivity contribution in [3.05, 3.63) is 24.4 Å². The lowest BCUT2D eigenvalue weighted by molar-refractivity contribution is 0.134. The van der Waals surface area contributed by atoms with E-state index in [9.17, 15) is 8.42 Å². The average Bonchev–Trinajstić information content (AvgIpc) is 2.61. The molecular weight excluding hydrogens is 336 g/mol. The molecule has 2 aliphatic rings. The van der Waals surface area contributed by atoms with Crippen molar-refractivity contribution in [2.45, 2.75) is 12.8 Å². The third-order valence-electron chi connectivity index (χ3n) is 5.24. The van der Waals surface area contributed by atoms with Crippen LogP contribution < -0.4 is 4.90 Å². The van der Waals surface area contributed by atoms with Crippen molar-refractivity contribution in [2.24, 2.45) is 5.92 Å². The van der Waals surface area contributed by atoms with Gasteiger partial charge in [0.15, 0.2) is 0 Å². The molecule has 1 aromatic heterocycles. The van der Waals surface area contributed by atoms with Crippen molar-refractivity contribution in [2.75, 3.05) is 69.3 Å². The Hall–Kier alpha value is -1.18. The summed E-state index contributed by atoms with van der Waals surface area (Å²) in [6, 6.07) is 6.08. The van der Waals surface area contributed by atoms with Crippen LogP contribution in [0.5, 0.6) is 0 Å². The maximum absolute atomic E-state index is 11.4. The fraction of sp³-hybridized carbons (Fsp3) is 0.722. The van der Waals surface area contributed by atoms with Gasteiger partial charge >= 0.3 is 0 Å². The Labute approximate surface area is 151 Å². The monoisotopic (exact) mass is 366 g/mol. The van der Waals surface area contributed by atoms with Gasteiger partial charge in [0.05, 0.1) is 5.75 Å². The second-order valence-electron chi connectivity index (χ2n) is 7.41. The number of aromatic nitrogens is 1. The predicted molar refractivity (Wildman–Crippen MR) is 102 cm³/mol. The molecule has 1 aromatic rings. The Bertz CT molecular complexity index is 630. The number of hydrogen-bond donors (Lipinski definition) is 0. The van der Waals surface area contributed by atoms with Gasteiger partial charge in [-0.15, -0.1) is 0 Å². The van der Waals surface area contributed by atoms with Gasteiger partial charge in [0, 0.05) is 58.3 Å². The standard InChI is InChI=1S/C18H30N4O2S/c1-25(23,24)14-13-20-8-4-5-17(15-20)16-21-9-11-22(12-10-21)18-6-2-3-7-19-18/h2-3,6-7,17H,4-5,8-16H2,1H3. The SMILES string of the molecule is CS(=O)(=O)CCN1CCCC(CN2CCN(c3ccccn3)CC2)C1. The smallest absolute Gasteiger partial charge is 0.148 e. The van der Waals surface area contributed by atoms with Crippen LogP contribution in [0.25, 0.3) is 0 Å². The molecule has 0 aliphatic carbocycles. The Kier molecular flexibility index (Phi) is 6.30. The minimum atomic E-state index is -2.86. The van der Waals surface area contributed by atoms with Crippen LogP contribution in [-0.4, -0.2) is 87.6 Å². The van der Waals surface area contributed by atoms with E-state index in [1.807, 2.05) is 18.3 Å². The van der Waals surface area contributed by atoms with E-state index in [1.54, 1.807) is 0 Å². The molecule has 0 amide bonds. The Morgan fingerprint density at radius 1 is 1.12 bits per heavy atom. The second-order valence-corrected chi connectivity index (χ2v) is 9.67. The molecule has 6 nitrogen and oxygen atoms in total. The molecule has 0 saturated carbocycles. The lowest BCUT2D eigenvalue weighted by atomic mass is 9.97. The first-order valence-corrected chi connectivity index (χ1v) is 11.3. The van der Waals surface area contributed by atoms with E-state index < -0.39 is 9.84 Å². The fourth-order valence-electron chi connectivity index (χ4n) is 3.86. The highest BCUT2D eigenvalue weighted by molar-refractivity contribution is 7.90. The molecule has 0 N–H and O–H groups in total. The molecule has 2 saturated heterocycles. The van der Waals surface area contributed by atoms with E-state index in [4.69, 9.17) is 0 Å². The van der Waals surface area contributed by atoms with Crippen LogP contribution in [-0.2, 0) is 9.84 Å². The third-order valence-corrected chi connectivity index (χ3v) is 6.17. The van der Waals surface area contributed by atoms with Crippen molar-refractivity contribution in [1.82, 2.24) is 14.8 Å². The first kappa shape index (κ1) is 18.6. The summed E-state index contributed by atoms with van der Waals surface area (Å²) in [6.45, 7) is 8.11. The molecule has 140 valence electrons. The number of nitrogens with zero attached hydrogens (tertiary/aromatic N) is 4. The van der Waals surface area contributed by atoms with E-state index in [0.717, 1.165) is 51.6 Å². The number of anilines is 1. The van der Waals surface area contributed by atoms with Crippen molar-refractivity contribution < 1.29 is 8.42 Å². The van der Waals surface area contributed by atoms with E-state index in [2.05, 4.69) is 25.8 Å². The first-order valence-electron chi connectivity index (χ1n) is 9.28. The molecule has 0 radical (unpaired) electrons. The van der Waals surface area contributed by atoms with Gasteiger partial charge in [-0.25, -0.2) is 13.4 Å². The van der Waals surface area contributed by atoms with E-state index >= 15 is 0 Å².